The van der Waals surface area contributed by atoms with Gasteiger partial charge in [0.05, 0.1) is 0 Å². The molecule has 0 bridgehead atoms. The molecule has 0 fully saturated rings. The molecule has 0 amide bonds. The van der Waals surface area contributed by atoms with E-state index in [1.165, 1.54) is 33.2 Å². The number of rotatable bonds is 1. The van der Waals surface area contributed by atoms with Gasteiger partial charge in [-0.25, -0.2) is 0 Å². The Kier molecular flexibility index (Phi) is 3.34. The minimum absolute atomic E-state index is 0.517. The van der Waals surface area contributed by atoms with Gasteiger partial charge in [-0.05, 0) is 47.4 Å². The van der Waals surface area contributed by atoms with E-state index in [-0.39, 0.29) is 0 Å². The number of aromatic nitrogens is 2. The molecule has 0 N–H and O–H groups in total. The van der Waals surface area contributed by atoms with Crippen LogP contribution in [-0.4, -0.2) is 9.13 Å². The van der Waals surface area contributed by atoms with E-state index >= 15 is 0 Å². The lowest BCUT2D eigenvalue weighted by molar-refractivity contribution is 0.360. The predicted octanol–water partition coefficient (Wildman–Crippen LogP) is 5.75. The molecule has 132 valence electrons. The standard InChI is InChI=1S/C24H26N2/c1-15-13-21-24(18-10-6-8-12-20(18)26(21)4)16(2)23(15)22-14-17-9-5-7-11-19(17)25(22)3/h5-12,14-16,23H,13H2,1-4H3. The van der Waals surface area contributed by atoms with Crippen LogP contribution < -0.4 is 0 Å². The Balaban J connectivity index is 1.72. The lowest BCUT2D eigenvalue weighted by atomic mass is 9.70. The molecular formula is C24H26N2. The Morgan fingerprint density at radius 2 is 1.54 bits per heavy atom. The molecule has 0 radical (unpaired) electrons. The number of para-hydroxylation sites is 2. The molecule has 3 atom stereocenters. The summed E-state index contributed by atoms with van der Waals surface area (Å²) in [5.41, 5.74) is 7.28. The fourth-order valence-corrected chi connectivity index (χ4v) is 5.51. The number of nitrogens with zero attached hydrogens (tertiary/aromatic N) is 2. The number of hydrogen-bond donors (Lipinski definition) is 0. The van der Waals surface area contributed by atoms with E-state index in [0.29, 0.717) is 17.8 Å². The van der Waals surface area contributed by atoms with E-state index in [0.717, 1.165) is 6.42 Å². The van der Waals surface area contributed by atoms with Crippen LogP contribution in [-0.2, 0) is 20.5 Å². The molecule has 0 saturated heterocycles. The van der Waals surface area contributed by atoms with Crippen molar-refractivity contribution in [1.82, 2.24) is 9.13 Å². The summed E-state index contributed by atoms with van der Waals surface area (Å²) in [5.74, 6) is 1.69. The molecule has 5 rings (SSSR count). The SMILES string of the molecule is CC1Cc2c(c3ccccc3n2C)C(C)C1c1cc2ccccc2n1C. The summed E-state index contributed by atoms with van der Waals surface area (Å²) in [6.45, 7) is 4.86. The van der Waals surface area contributed by atoms with E-state index in [9.17, 15) is 0 Å². The lowest BCUT2D eigenvalue weighted by Gasteiger charge is -2.36. The van der Waals surface area contributed by atoms with Gasteiger partial charge < -0.3 is 9.13 Å². The van der Waals surface area contributed by atoms with Crippen molar-refractivity contribution in [2.75, 3.05) is 0 Å². The van der Waals surface area contributed by atoms with Gasteiger partial charge in [0.15, 0.2) is 0 Å². The predicted molar refractivity (Wildman–Crippen MR) is 110 cm³/mol. The average Bonchev–Trinajstić information content (AvgIpc) is 3.12. The third-order valence-corrected chi connectivity index (χ3v) is 6.72. The van der Waals surface area contributed by atoms with Crippen molar-refractivity contribution in [2.24, 2.45) is 20.0 Å². The smallest absolute Gasteiger partial charge is 0.0482 e. The van der Waals surface area contributed by atoms with Crippen LogP contribution in [0.25, 0.3) is 21.8 Å². The number of hydrogen-bond acceptors (Lipinski definition) is 0. The molecule has 2 heteroatoms. The maximum Gasteiger partial charge on any atom is 0.0482 e. The summed E-state index contributed by atoms with van der Waals surface area (Å²) < 4.78 is 4.85. The molecule has 4 aromatic rings. The van der Waals surface area contributed by atoms with Crippen LogP contribution in [0, 0.1) is 5.92 Å². The summed E-state index contributed by atoms with van der Waals surface area (Å²) in [6.07, 6.45) is 1.15. The van der Waals surface area contributed by atoms with Crippen molar-refractivity contribution in [3.63, 3.8) is 0 Å². The first-order valence-corrected chi connectivity index (χ1v) is 9.68. The molecule has 1 aliphatic carbocycles. The van der Waals surface area contributed by atoms with Crippen molar-refractivity contribution < 1.29 is 0 Å². The summed E-state index contributed by atoms with van der Waals surface area (Å²) in [6, 6.07) is 20.1. The highest BCUT2D eigenvalue weighted by molar-refractivity contribution is 5.87. The third kappa shape index (κ3) is 1.99. The molecule has 26 heavy (non-hydrogen) atoms. The Bertz CT molecular complexity index is 1130. The van der Waals surface area contributed by atoms with Crippen LogP contribution in [0.5, 0.6) is 0 Å². The van der Waals surface area contributed by atoms with E-state index < -0.39 is 0 Å². The quantitative estimate of drug-likeness (QED) is 0.417. The number of fused-ring (bicyclic) bond motifs is 4. The third-order valence-electron chi connectivity index (χ3n) is 6.72. The van der Waals surface area contributed by atoms with Crippen LogP contribution in [0.2, 0.25) is 0 Å². The van der Waals surface area contributed by atoms with E-state index in [1.807, 2.05) is 0 Å². The zero-order valence-electron chi connectivity index (χ0n) is 16.0. The van der Waals surface area contributed by atoms with E-state index in [1.54, 1.807) is 5.56 Å². The van der Waals surface area contributed by atoms with Gasteiger partial charge in [-0.15, -0.1) is 0 Å². The average molecular weight is 342 g/mol. The van der Waals surface area contributed by atoms with Gasteiger partial charge in [-0.2, -0.15) is 0 Å². The highest BCUT2D eigenvalue weighted by atomic mass is 15.0. The molecule has 0 spiro atoms. The maximum atomic E-state index is 2.43. The normalized spacial score (nSPS) is 22.8. The molecule has 2 heterocycles. The van der Waals surface area contributed by atoms with Crippen LogP contribution in [0.4, 0.5) is 0 Å². The van der Waals surface area contributed by atoms with Crippen molar-refractivity contribution >= 4 is 21.8 Å². The van der Waals surface area contributed by atoms with Crippen molar-refractivity contribution in [2.45, 2.75) is 32.1 Å². The van der Waals surface area contributed by atoms with Crippen LogP contribution >= 0.6 is 0 Å². The lowest BCUT2D eigenvalue weighted by Crippen LogP contribution is -2.27. The Morgan fingerprint density at radius 3 is 2.31 bits per heavy atom. The highest BCUT2D eigenvalue weighted by Crippen LogP contribution is 2.49. The van der Waals surface area contributed by atoms with Gasteiger partial charge in [-0.3, -0.25) is 0 Å². The summed E-state index contributed by atoms with van der Waals surface area (Å²) in [4.78, 5) is 0. The van der Waals surface area contributed by atoms with E-state index in [2.05, 4.69) is 91.7 Å². The Hall–Kier alpha value is -2.48. The maximum absolute atomic E-state index is 2.43. The first kappa shape index (κ1) is 15.7. The van der Waals surface area contributed by atoms with Gasteiger partial charge >= 0.3 is 0 Å². The number of aryl methyl sites for hydroxylation is 2. The van der Waals surface area contributed by atoms with E-state index in [4.69, 9.17) is 0 Å². The van der Waals surface area contributed by atoms with Gasteiger partial charge in [0.1, 0.15) is 0 Å². The summed E-state index contributed by atoms with van der Waals surface area (Å²) in [7, 11) is 4.47. The van der Waals surface area contributed by atoms with Crippen molar-refractivity contribution in [1.29, 1.82) is 0 Å². The topological polar surface area (TPSA) is 9.86 Å². The van der Waals surface area contributed by atoms with Gasteiger partial charge in [-0.1, -0.05) is 50.2 Å². The Labute approximate surface area is 155 Å². The fraction of sp³-hybridized carbons (Fsp3) is 0.333. The minimum atomic E-state index is 0.517. The molecule has 3 unspecified atom stereocenters. The van der Waals surface area contributed by atoms with Gasteiger partial charge in [0.25, 0.3) is 0 Å². The molecule has 1 aliphatic rings. The first-order valence-electron chi connectivity index (χ1n) is 9.68. The van der Waals surface area contributed by atoms with Crippen LogP contribution in [0.3, 0.4) is 0 Å². The second-order valence-electron chi connectivity index (χ2n) is 8.12. The van der Waals surface area contributed by atoms with Gasteiger partial charge in [0.2, 0.25) is 0 Å². The molecular weight excluding hydrogens is 316 g/mol. The zero-order chi connectivity index (χ0) is 18.0. The zero-order valence-corrected chi connectivity index (χ0v) is 16.0. The summed E-state index contributed by atoms with van der Waals surface area (Å²) in [5, 5.41) is 2.79. The van der Waals surface area contributed by atoms with Crippen molar-refractivity contribution in [3.05, 3.63) is 71.5 Å². The molecule has 2 nitrogen and oxygen atoms in total. The van der Waals surface area contributed by atoms with Crippen LogP contribution in [0.1, 0.15) is 42.6 Å². The minimum Gasteiger partial charge on any atom is -0.347 e. The Morgan fingerprint density at radius 1 is 0.846 bits per heavy atom. The fourth-order valence-electron chi connectivity index (χ4n) is 5.51. The monoisotopic (exact) mass is 342 g/mol. The number of benzene rings is 2. The second kappa shape index (κ2) is 5.51. The molecule has 2 aromatic carbocycles. The second-order valence-corrected chi connectivity index (χ2v) is 8.12. The molecule has 2 aromatic heterocycles. The molecule has 0 aliphatic heterocycles. The van der Waals surface area contributed by atoms with Crippen molar-refractivity contribution in [3.8, 4) is 0 Å². The highest BCUT2D eigenvalue weighted by Gasteiger charge is 2.37. The molecule has 0 saturated carbocycles. The summed E-state index contributed by atoms with van der Waals surface area (Å²) >= 11 is 0. The van der Waals surface area contributed by atoms with Gasteiger partial charge in [0, 0.05) is 47.8 Å². The largest absolute Gasteiger partial charge is 0.347 e. The first-order chi connectivity index (χ1) is 12.6. The van der Waals surface area contributed by atoms with Crippen LogP contribution in [0.15, 0.2) is 54.6 Å².